The number of carbonyl (C=O) groups is 1. The van der Waals surface area contributed by atoms with Crippen molar-refractivity contribution < 1.29 is 4.79 Å². The third-order valence-corrected chi connectivity index (χ3v) is 4.58. The molecule has 19 heavy (non-hydrogen) atoms. The summed E-state index contributed by atoms with van der Waals surface area (Å²) in [6.45, 7) is 3.44. The Hall–Kier alpha value is -1.13. The molecule has 101 valence electrons. The van der Waals surface area contributed by atoms with E-state index in [1.54, 1.807) is 22.7 Å². The molecule has 2 aromatic heterocycles. The Labute approximate surface area is 122 Å². The van der Waals surface area contributed by atoms with Crippen LogP contribution in [-0.2, 0) is 17.9 Å². The van der Waals surface area contributed by atoms with E-state index in [0.717, 1.165) is 19.5 Å². The number of amides is 1. The molecule has 0 aliphatic carbocycles. The first kappa shape index (κ1) is 14.3. The molecule has 0 aliphatic rings. The van der Waals surface area contributed by atoms with Crippen molar-refractivity contribution >= 4 is 28.6 Å². The summed E-state index contributed by atoms with van der Waals surface area (Å²) in [6, 6.07) is 8.25. The van der Waals surface area contributed by atoms with E-state index in [2.05, 4.69) is 22.9 Å². The van der Waals surface area contributed by atoms with Crippen molar-refractivity contribution in [3.05, 3.63) is 51.2 Å². The summed E-state index contributed by atoms with van der Waals surface area (Å²) in [6.07, 6.45) is 3.50. The van der Waals surface area contributed by atoms with Crippen molar-refractivity contribution in [1.82, 2.24) is 4.90 Å². The number of carbonyl (C=O) groups excluding carboxylic acids is 1. The molecular formula is C15H18NOS2. The number of nitrogens with zero attached hydrogens (tertiary/aromatic N) is 1. The van der Waals surface area contributed by atoms with E-state index >= 15 is 0 Å². The molecule has 0 saturated carbocycles. The van der Waals surface area contributed by atoms with Gasteiger partial charge in [0, 0.05) is 16.2 Å². The van der Waals surface area contributed by atoms with Crippen LogP contribution in [-0.4, -0.2) is 10.8 Å². The molecule has 1 radical (unpaired) electrons. The van der Waals surface area contributed by atoms with Crippen LogP contribution in [0.4, 0.5) is 0 Å². The Balaban J connectivity index is 2.01. The second-order valence-electron chi connectivity index (χ2n) is 4.36. The second kappa shape index (κ2) is 7.46. The molecule has 0 aliphatic heterocycles. The summed E-state index contributed by atoms with van der Waals surface area (Å²) in [5.74, 6) is 0.236. The Morgan fingerprint density at radius 1 is 1.16 bits per heavy atom. The fourth-order valence-electron chi connectivity index (χ4n) is 1.84. The molecule has 0 bridgehead atoms. The molecule has 1 amide bonds. The van der Waals surface area contributed by atoms with Crippen LogP contribution < -0.4 is 0 Å². The van der Waals surface area contributed by atoms with Crippen LogP contribution in [0.3, 0.4) is 0 Å². The maximum atomic E-state index is 12.3. The lowest BCUT2D eigenvalue weighted by molar-refractivity contribution is -0.132. The highest BCUT2D eigenvalue weighted by atomic mass is 32.1. The molecule has 0 atom stereocenters. The van der Waals surface area contributed by atoms with Gasteiger partial charge in [-0.2, -0.15) is 0 Å². The largest absolute Gasteiger partial charge is 0.332 e. The number of rotatable bonds is 7. The summed E-state index contributed by atoms with van der Waals surface area (Å²) >= 11 is 3.41. The van der Waals surface area contributed by atoms with Crippen LogP contribution >= 0.6 is 22.7 Å². The molecule has 2 heterocycles. The standard InChI is InChI=1S/C15H18NOS2/c1-2-3-8-15(17)16(11-13-6-4-9-18-13)12-14-7-5-10-19-14/h2,4-7,9-10H,3,8,11-12H2,1H3. The van der Waals surface area contributed by atoms with Crippen molar-refractivity contribution in [1.29, 1.82) is 0 Å². The van der Waals surface area contributed by atoms with Crippen molar-refractivity contribution in [3.63, 3.8) is 0 Å². The van der Waals surface area contributed by atoms with E-state index in [4.69, 9.17) is 0 Å². The zero-order chi connectivity index (χ0) is 13.5. The summed E-state index contributed by atoms with van der Waals surface area (Å²) in [5, 5.41) is 4.12. The monoisotopic (exact) mass is 292 g/mol. The minimum atomic E-state index is 0.236. The van der Waals surface area contributed by atoms with Crippen LogP contribution in [0.5, 0.6) is 0 Å². The van der Waals surface area contributed by atoms with Crippen molar-refractivity contribution in [2.24, 2.45) is 0 Å². The minimum absolute atomic E-state index is 0.236. The number of hydrogen-bond acceptors (Lipinski definition) is 3. The van der Waals surface area contributed by atoms with Gasteiger partial charge in [0.25, 0.3) is 0 Å². The molecule has 2 nitrogen and oxygen atoms in total. The lowest BCUT2D eigenvalue weighted by Crippen LogP contribution is -2.29. The summed E-state index contributed by atoms with van der Waals surface area (Å²) in [7, 11) is 0. The van der Waals surface area contributed by atoms with Gasteiger partial charge in [0.2, 0.25) is 5.91 Å². The summed E-state index contributed by atoms with van der Waals surface area (Å²) < 4.78 is 0. The lowest BCUT2D eigenvalue weighted by atomic mass is 10.2. The highest BCUT2D eigenvalue weighted by Crippen LogP contribution is 2.18. The van der Waals surface area contributed by atoms with Gasteiger partial charge >= 0.3 is 0 Å². The first-order valence-corrected chi connectivity index (χ1v) is 8.16. The molecule has 0 saturated heterocycles. The average Bonchev–Trinajstić information content (AvgIpc) is 3.08. The molecule has 4 heteroatoms. The quantitative estimate of drug-likeness (QED) is 0.743. The first-order chi connectivity index (χ1) is 9.29. The zero-order valence-electron chi connectivity index (χ0n) is 11.0. The lowest BCUT2D eigenvalue weighted by Gasteiger charge is -2.21. The average molecular weight is 292 g/mol. The zero-order valence-corrected chi connectivity index (χ0v) is 12.7. The fourth-order valence-corrected chi connectivity index (χ4v) is 3.28. The van der Waals surface area contributed by atoms with Gasteiger partial charge in [0.1, 0.15) is 0 Å². The Morgan fingerprint density at radius 3 is 2.16 bits per heavy atom. The van der Waals surface area contributed by atoms with E-state index in [0.29, 0.717) is 6.42 Å². The van der Waals surface area contributed by atoms with Crippen molar-refractivity contribution in [2.45, 2.75) is 32.9 Å². The van der Waals surface area contributed by atoms with Gasteiger partial charge in [-0.25, -0.2) is 0 Å². The van der Waals surface area contributed by atoms with Crippen LogP contribution in [0.2, 0.25) is 0 Å². The van der Waals surface area contributed by atoms with Gasteiger partial charge in [-0.15, -0.1) is 22.7 Å². The van der Waals surface area contributed by atoms with Crippen molar-refractivity contribution in [3.8, 4) is 0 Å². The third-order valence-electron chi connectivity index (χ3n) is 2.85. The summed E-state index contributed by atoms with van der Waals surface area (Å²) in [5.41, 5.74) is 0. The van der Waals surface area contributed by atoms with Crippen LogP contribution in [0, 0.1) is 6.42 Å². The van der Waals surface area contributed by atoms with E-state index < -0.39 is 0 Å². The highest BCUT2D eigenvalue weighted by molar-refractivity contribution is 7.10. The maximum absolute atomic E-state index is 12.3. The predicted molar refractivity (Wildman–Crippen MR) is 82.1 cm³/mol. The minimum Gasteiger partial charge on any atom is -0.332 e. The van der Waals surface area contributed by atoms with Gasteiger partial charge in [-0.05, 0) is 35.7 Å². The van der Waals surface area contributed by atoms with E-state index in [1.807, 2.05) is 30.4 Å². The van der Waals surface area contributed by atoms with Crippen molar-refractivity contribution in [2.75, 3.05) is 0 Å². The highest BCUT2D eigenvalue weighted by Gasteiger charge is 2.15. The number of unbranched alkanes of at least 4 members (excludes halogenated alkanes) is 1. The molecule has 0 fully saturated rings. The van der Waals surface area contributed by atoms with Gasteiger partial charge in [-0.3, -0.25) is 4.79 Å². The van der Waals surface area contributed by atoms with E-state index in [1.165, 1.54) is 9.75 Å². The molecule has 0 unspecified atom stereocenters. The predicted octanol–water partition coefficient (Wildman–Crippen LogP) is 4.34. The number of hydrogen-bond donors (Lipinski definition) is 0. The molecule has 2 aromatic rings. The van der Waals surface area contributed by atoms with Gasteiger partial charge in [0.15, 0.2) is 0 Å². The summed E-state index contributed by atoms with van der Waals surface area (Å²) in [4.78, 5) is 16.7. The topological polar surface area (TPSA) is 20.3 Å². The molecule has 0 spiro atoms. The van der Waals surface area contributed by atoms with Gasteiger partial charge in [0.05, 0.1) is 13.1 Å². The first-order valence-electron chi connectivity index (χ1n) is 6.40. The Morgan fingerprint density at radius 2 is 1.74 bits per heavy atom. The van der Waals surface area contributed by atoms with Crippen LogP contribution in [0.1, 0.15) is 29.5 Å². The smallest absolute Gasteiger partial charge is 0.223 e. The van der Waals surface area contributed by atoms with Gasteiger partial charge < -0.3 is 4.90 Å². The number of thiophene rings is 2. The van der Waals surface area contributed by atoms with E-state index in [9.17, 15) is 4.79 Å². The SMILES string of the molecule is C[CH]CCC(=O)N(Cc1cccs1)Cc1cccs1. The molecule has 2 rings (SSSR count). The van der Waals surface area contributed by atoms with Gasteiger partial charge in [-0.1, -0.05) is 19.1 Å². The normalized spacial score (nSPS) is 10.6. The Bertz CT molecular complexity index is 440. The second-order valence-corrected chi connectivity index (χ2v) is 6.42. The van der Waals surface area contributed by atoms with E-state index in [-0.39, 0.29) is 5.91 Å². The third kappa shape index (κ3) is 4.48. The van der Waals surface area contributed by atoms with Crippen LogP contribution in [0.15, 0.2) is 35.0 Å². The maximum Gasteiger partial charge on any atom is 0.223 e. The fraction of sp³-hybridized carbons (Fsp3) is 0.333. The molecular weight excluding hydrogens is 274 g/mol. The molecule has 0 N–H and O–H groups in total. The Kier molecular flexibility index (Phi) is 5.61. The molecule has 0 aromatic carbocycles. The van der Waals surface area contributed by atoms with Crippen LogP contribution in [0.25, 0.3) is 0 Å².